The lowest BCUT2D eigenvalue weighted by Crippen LogP contribution is -2.06. The second kappa shape index (κ2) is 7.06. The summed E-state index contributed by atoms with van der Waals surface area (Å²) < 4.78 is 0. The van der Waals surface area contributed by atoms with Gasteiger partial charge in [0.2, 0.25) is 5.95 Å². The molecule has 0 atom stereocenters. The van der Waals surface area contributed by atoms with E-state index in [2.05, 4.69) is 19.9 Å². The Morgan fingerprint density at radius 3 is 2.69 bits per heavy atom. The summed E-state index contributed by atoms with van der Waals surface area (Å²) >= 11 is 0. The molecule has 8 nitrogen and oxygen atoms in total. The molecule has 0 unspecified atom stereocenters. The number of hydrogen-bond acceptors (Lipinski definition) is 5. The number of aliphatic carboxylic acids is 1. The van der Waals surface area contributed by atoms with Crippen molar-refractivity contribution in [2.45, 2.75) is 13.3 Å². The van der Waals surface area contributed by atoms with Crippen LogP contribution in [0.5, 0.6) is 0 Å². The number of fused-ring (bicyclic) bond motifs is 3. The fraction of sp³-hybridized carbons (Fsp3) is 0.111. The Labute approximate surface area is 147 Å². The molecule has 4 aromatic rings. The molecule has 1 aromatic carbocycles. The number of aromatic amines is 2. The van der Waals surface area contributed by atoms with Gasteiger partial charge >= 0.3 is 5.97 Å². The van der Waals surface area contributed by atoms with Crippen LogP contribution in [0.15, 0.2) is 47.5 Å². The minimum absolute atomic E-state index is 0.124. The van der Waals surface area contributed by atoms with Gasteiger partial charge in [-0.05, 0) is 24.3 Å². The Bertz CT molecular complexity index is 1150. The summed E-state index contributed by atoms with van der Waals surface area (Å²) in [5.41, 5.74) is 8.54. The van der Waals surface area contributed by atoms with Crippen LogP contribution in [-0.4, -0.2) is 31.0 Å². The van der Waals surface area contributed by atoms with Gasteiger partial charge in [0.1, 0.15) is 5.52 Å². The van der Waals surface area contributed by atoms with Crippen molar-refractivity contribution >= 4 is 33.7 Å². The van der Waals surface area contributed by atoms with Crippen molar-refractivity contribution in [3.05, 3.63) is 53.1 Å². The number of carboxylic acid groups (broad SMARTS) is 1. The summed E-state index contributed by atoms with van der Waals surface area (Å²) in [6.45, 7) is 1.60. The highest BCUT2D eigenvalue weighted by molar-refractivity contribution is 6.05. The van der Waals surface area contributed by atoms with E-state index in [0.29, 0.717) is 5.52 Å². The number of carbonyl (C=O) groups is 1. The predicted molar refractivity (Wildman–Crippen MR) is 99.8 cm³/mol. The number of nitrogens with zero attached hydrogens (tertiary/aromatic N) is 2. The zero-order chi connectivity index (χ0) is 18.7. The average Bonchev–Trinajstić information content (AvgIpc) is 3.13. The minimum Gasteiger partial charge on any atom is -0.481 e. The highest BCUT2D eigenvalue weighted by Gasteiger charge is 2.08. The summed E-state index contributed by atoms with van der Waals surface area (Å²) in [7, 11) is 0. The normalized spacial score (nSPS) is 10.5. The second-order valence-electron chi connectivity index (χ2n) is 5.53. The highest BCUT2D eigenvalue weighted by atomic mass is 16.4. The molecule has 0 amide bonds. The number of pyridine rings is 1. The van der Waals surface area contributed by atoms with E-state index in [9.17, 15) is 9.59 Å². The fourth-order valence-corrected chi connectivity index (χ4v) is 2.54. The largest absolute Gasteiger partial charge is 0.481 e. The van der Waals surface area contributed by atoms with Crippen LogP contribution in [0.4, 0.5) is 5.95 Å². The van der Waals surface area contributed by atoms with E-state index in [0.717, 1.165) is 27.5 Å². The summed E-state index contributed by atoms with van der Waals surface area (Å²) in [4.78, 5) is 35.2. The van der Waals surface area contributed by atoms with Crippen molar-refractivity contribution in [2.24, 2.45) is 0 Å². The van der Waals surface area contributed by atoms with Crippen LogP contribution in [0.1, 0.15) is 13.3 Å². The molecule has 8 heteroatoms. The van der Waals surface area contributed by atoms with Crippen molar-refractivity contribution in [1.29, 1.82) is 0 Å². The SMILES string of the molecule is CCC(=O)O.Nc1nccc(-c2ccc3[nH]c(=O)c4[nH]ccc4c3c2)n1. The van der Waals surface area contributed by atoms with Crippen LogP contribution in [0.25, 0.3) is 33.1 Å². The van der Waals surface area contributed by atoms with E-state index in [1.54, 1.807) is 25.4 Å². The van der Waals surface area contributed by atoms with Gasteiger partial charge < -0.3 is 20.8 Å². The van der Waals surface area contributed by atoms with Crippen LogP contribution in [0.3, 0.4) is 0 Å². The van der Waals surface area contributed by atoms with Gasteiger partial charge in [0.15, 0.2) is 0 Å². The molecule has 4 rings (SSSR count). The third-order valence-electron chi connectivity index (χ3n) is 3.80. The molecule has 0 radical (unpaired) electrons. The smallest absolute Gasteiger partial charge is 0.303 e. The Kier molecular flexibility index (Phi) is 4.66. The first-order valence-electron chi connectivity index (χ1n) is 7.93. The Hall–Kier alpha value is -3.68. The first-order chi connectivity index (χ1) is 12.5. The molecular weight excluding hydrogens is 334 g/mol. The van der Waals surface area contributed by atoms with Gasteiger partial charge in [-0.2, -0.15) is 0 Å². The molecule has 0 spiro atoms. The van der Waals surface area contributed by atoms with Crippen molar-refractivity contribution < 1.29 is 9.90 Å². The summed E-state index contributed by atoms with van der Waals surface area (Å²) in [6.07, 6.45) is 3.61. The number of benzene rings is 1. The molecule has 0 saturated carbocycles. The maximum atomic E-state index is 11.9. The number of aromatic nitrogens is 4. The van der Waals surface area contributed by atoms with E-state index >= 15 is 0 Å². The maximum absolute atomic E-state index is 11.9. The lowest BCUT2D eigenvalue weighted by atomic mass is 10.1. The Morgan fingerprint density at radius 2 is 2.00 bits per heavy atom. The number of nitrogen functional groups attached to an aromatic ring is 1. The fourth-order valence-electron chi connectivity index (χ4n) is 2.54. The van der Waals surface area contributed by atoms with Gasteiger partial charge in [-0.3, -0.25) is 9.59 Å². The molecule has 0 aliphatic rings. The summed E-state index contributed by atoms with van der Waals surface area (Å²) in [5, 5.41) is 9.57. The number of nitrogens with two attached hydrogens (primary N) is 1. The second-order valence-corrected chi connectivity index (χ2v) is 5.53. The number of hydrogen-bond donors (Lipinski definition) is 4. The standard InChI is InChI=1S/C15H11N5O.C3H6O2/c16-15-18-6-4-11(20-15)8-1-2-12-10(7-8)9-3-5-17-13(9)14(21)19-12;1-2-3(4)5/h1-7,17H,(H,19,21)(H2,16,18,20);2H2,1H3,(H,4,5). The zero-order valence-corrected chi connectivity index (χ0v) is 14.0. The lowest BCUT2D eigenvalue weighted by Gasteiger charge is -2.05. The van der Waals surface area contributed by atoms with Crippen molar-refractivity contribution in [1.82, 2.24) is 19.9 Å². The summed E-state index contributed by atoms with van der Waals surface area (Å²) in [5.74, 6) is -0.508. The first-order valence-corrected chi connectivity index (χ1v) is 7.93. The minimum atomic E-state index is -0.745. The predicted octanol–water partition coefficient (Wildman–Crippen LogP) is 2.53. The highest BCUT2D eigenvalue weighted by Crippen LogP contribution is 2.26. The quantitative estimate of drug-likeness (QED) is 0.438. The number of nitrogens with one attached hydrogen (secondary N) is 2. The molecule has 132 valence electrons. The van der Waals surface area contributed by atoms with Crippen LogP contribution < -0.4 is 11.3 Å². The first kappa shape index (κ1) is 17.2. The average molecular weight is 351 g/mol. The molecular formula is C18H17N5O3. The zero-order valence-electron chi connectivity index (χ0n) is 14.0. The maximum Gasteiger partial charge on any atom is 0.303 e. The molecule has 0 fully saturated rings. The van der Waals surface area contributed by atoms with Gasteiger partial charge in [0, 0.05) is 40.7 Å². The Balaban J connectivity index is 0.000000349. The van der Waals surface area contributed by atoms with E-state index in [1.807, 2.05) is 24.3 Å². The third kappa shape index (κ3) is 3.39. The molecule has 26 heavy (non-hydrogen) atoms. The molecule has 0 aliphatic carbocycles. The van der Waals surface area contributed by atoms with Gasteiger partial charge in [-0.1, -0.05) is 13.0 Å². The van der Waals surface area contributed by atoms with Crippen LogP contribution >= 0.6 is 0 Å². The molecule has 3 aromatic heterocycles. The van der Waals surface area contributed by atoms with Gasteiger partial charge in [0.05, 0.1) is 5.69 Å². The number of carboxylic acids is 1. The number of H-pyrrole nitrogens is 2. The van der Waals surface area contributed by atoms with Crippen LogP contribution in [0.2, 0.25) is 0 Å². The summed E-state index contributed by atoms with van der Waals surface area (Å²) in [6, 6.07) is 9.46. The van der Waals surface area contributed by atoms with Crippen LogP contribution in [-0.2, 0) is 4.79 Å². The van der Waals surface area contributed by atoms with E-state index in [4.69, 9.17) is 10.8 Å². The molecule has 5 N–H and O–H groups in total. The van der Waals surface area contributed by atoms with E-state index in [-0.39, 0.29) is 17.9 Å². The van der Waals surface area contributed by atoms with E-state index in [1.165, 1.54) is 0 Å². The van der Waals surface area contributed by atoms with Crippen molar-refractivity contribution in [2.75, 3.05) is 5.73 Å². The number of anilines is 1. The molecule has 3 heterocycles. The monoisotopic (exact) mass is 351 g/mol. The molecule has 0 bridgehead atoms. The topological polar surface area (TPSA) is 138 Å². The lowest BCUT2D eigenvalue weighted by molar-refractivity contribution is -0.136. The van der Waals surface area contributed by atoms with Crippen molar-refractivity contribution in [3.63, 3.8) is 0 Å². The Morgan fingerprint density at radius 1 is 1.23 bits per heavy atom. The van der Waals surface area contributed by atoms with Gasteiger partial charge in [-0.25, -0.2) is 9.97 Å². The molecule has 0 saturated heterocycles. The van der Waals surface area contributed by atoms with Crippen molar-refractivity contribution in [3.8, 4) is 11.3 Å². The van der Waals surface area contributed by atoms with Gasteiger partial charge in [0.25, 0.3) is 5.56 Å². The van der Waals surface area contributed by atoms with Gasteiger partial charge in [-0.15, -0.1) is 0 Å². The molecule has 0 aliphatic heterocycles. The van der Waals surface area contributed by atoms with E-state index < -0.39 is 5.97 Å². The van der Waals surface area contributed by atoms with Crippen LogP contribution in [0, 0.1) is 0 Å². The number of rotatable bonds is 2. The third-order valence-corrected chi connectivity index (χ3v) is 3.80.